The number of alkyl halides is 7. The number of hydrogen-bond donors (Lipinski definition) is 1. The number of esters is 1. The predicted molar refractivity (Wildman–Crippen MR) is 63.2 cm³/mol. The van der Waals surface area contributed by atoms with E-state index in [1.807, 2.05) is 0 Å². The molecule has 3 nitrogen and oxygen atoms in total. The Morgan fingerprint density at radius 3 is 2.10 bits per heavy atom. The number of carbonyl (C=O) groups is 1. The Kier molecular flexibility index (Phi) is 3.72. The fourth-order valence-electron chi connectivity index (χ4n) is 3.03. The van der Waals surface area contributed by atoms with Crippen molar-refractivity contribution in [3.8, 4) is 0 Å². The third-order valence-corrected chi connectivity index (χ3v) is 5.35. The lowest BCUT2D eigenvalue weighted by Crippen LogP contribution is -2.73. The van der Waals surface area contributed by atoms with Crippen molar-refractivity contribution in [2.45, 2.75) is 47.3 Å². The van der Waals surface area contributed by atoms with Gasteiger partial charge >= 0.3 is 18.3 Å². The zero-order chi connectivity index (χ0) is 15.5. The van der Waals surface area contributed by atoms with Gasteiger partial charge in [0.05, 0.1) is 3.92 Å². The predicted octanol–water partition coefficient (Wildman–Crippen LogP) is 2.58. The molecule has 0 spiro atoms. The van der Waals surface area contributed by atoms with E-state index in [1.54, 1.807) is 5.32 Å². The molecule has 0 aromatic carbocycles. The number of fused-ring (bicyclic) bond motifs is 2. The molecule has 2 fully saturated rings. The summed E-state index contributed by atoms with van der Waals surface area (Å²) in [7, 11) is 0. The van der Waals surface area contributed by atoms with E-state index in [-0.39, 0.29) is 6.42 Å². The first kappa shape index (κ1) is 16.1. The highest BCUT2D eigenvalue weighted by Gasteiger charge is 2.81. The van der Waals surface area contributed by atoms with E-state index in [0.717, 1.165) is 6.92 Å². The summed E-state index contributed by atoms with van der Waals surface area (Å²) >= 11 is 1.51. The first-order valence-electron chi connectivity index (χ1n) is 5.64. The van der Waals surface area contributed by atoms with Crippen LogP contribution < -0.4 is 5.32 Å². The van der Waals surface area contributed by atoms with Crippen molar-refractivity contribution in [3.63, 3.8) is 0 Å². The van der Waals surface area contributed by atoms with E-state index in [2.05, 4.69) is 0 Å². The van der Waals surface area contributed by atoms with Crippen molar-refractivity contribution in [3.05, 3.63) is 0 Å². The summed E-state index contributed by atoms with van der Waals surface area (Å²) in [6.45, 7) is 1.07. The minimum Gasteiger partial charge on any atom is -0.460 e. The van der Waals surface area contributed by atoms with Crippen molar-refractivity contribution in [1.29, 1.82) is 0 Å². The summed E-state index contributed by atoms with van der Waals surface area (Å²) in [6, 6.07) is -1.14. The fourth-order valence-corrected chi connectivity index (χ4v) is 4.51. The number of halogens is 7. The Morgan fingerprint density at radius 1 is 1.25 bits per heavy atom. The van der Waals surface area contributed by atoms with Gasteiger partial charge in [0.15, 0.2) is 0 Å². The van der Waals surface area contributed by atoms with Crippen molar-refractivity contribution >= 4 is 28.6 Å². The van der Waals surface area contributed by atoms with Crippen LogP contribution in [-0.2, 0) is 9.53 Å². The second-order valence-corrected chi connectivity index (χ2v) is 6.35. The van der Waals surface area contributed by atoms with Crippen LogP contribution in [0.1, 0.15) is 13.3 Å². The maximum Gasteiger partial charge on any atom is 0.415 e. The third kappa shape index (κ3) is 2.09. The summed E-state index contributed by atoms with van der Waals surface area (Å²) < 4.78 is 82.0. The van der Waals surface area contributed by atoms with Gasteiger partial charge < -0.3 is 4.74 Å². The molecular weight excluding hydrogens is 407 g/mol. The molecule has 1 saturated carbocycles. The fraction of sp³-hybridized carbons (Fsp3) is 0.900. The summed E-state index contributed by atoms with van der Waals surface area (Å²) in [5.74, 6) is -2.44. The van der Waals surface area contributed by atoms with Gasteiger partial charge in [0, 0.05) is 18.9 Å². The molecule has 0 amide bonds. The van der Waals surface area contributed by atoms with Gasteiger partial charge in [0.25, 0.3) is 0 Å². The highest BCUT2D eigenvalue weighted by molar-refractivity contribution is 14.1. The maximum absolute atomic E-state index is 13.0. The van der Waals surface area contributed by atoms with Crippen LogP contribution in [0.15, 0.2) is 0 Å². The molecule has 10 heteroatoms. The molecule has 1 aliphatic carbocycles. The summed E-state index contributed by atoms with van der Waals surface area (Å²) in [4.78, 5) is 10.9. The quantitative estimate of drug-likeness (QED) is 0.309. The Hall–Kier alpha value is -0.260. The highest BCUT2D eigenvalue weighted by Crippen LogP contribution is 2.59. The highest BCUT2D eigenvalue weighted by atomic mass is 127. The molecule has 2 bridgehead atoms. The van der Waals surface area contributed by atoms with Crippen LogP contribution in [-0.4, -0.2) is 39.9 Å². The molecule has 1 saturated heterocycles. The van der Waals surface area contributed by atoms with Crippen LogP contribution in [0.5, 0.6) is 0 Å². The number of piperidine rings is 1. The first-order chi connectivity index (χ1) is 8.92. The van der Waals surface area contributed by atoms with Crippen molar-refractivity contribution in [2.24, 2.45) is 5.92 Å². The summed E-state index contributed by atoms with van der Waals surface area (Å²) in [6.07, 6.45) is -12.2. The van der Waals surface area contributed by atoms with Gasteiger partial charge in [-0.15, -0.1) is 0 Å². The van der Waals surface area contributed by atoms with Gasteiger partial charge in [-0.05, 0) is 6.42 Å². The Balaban J connectivity index is 2.37. The summed E-state index contributed by atoms with van der Waals surface area (Å²) in [5.41, 5.74) is -3.92. The third-order valence-electron chi connectivity index (χ3n) is 3.77. The normalized spacial score (nSPS) is 36.2. The lowest BCUT2D eigenvalue weighted by molar-refractivity contribution is -0.319. The van der Waals surface area contributed by atoms with Crippen molar-refractivity contribution in [2.75, 3.05) is 0 Å². The lowest BCUT2D eigenvalue weighted by Gasteiger charge is -2.44. The lowest BCUT2D eigenvalue weighted by atomic mass is 9.82. The average Bonchev–Trinajstić information content (AvgIpc) is 2.74. The molecule has 4 atom stereocenters. The van der Waals surface area contributed by atoms with Crippen molar-refractivity contribution in [1.82, 2.24) is 5.32 Å². The van der Waals surface area contributed by atoms with E-state index < -0.39 is 45.8 Å². The smallest absolute Gasteiger partial charge is 0.415 e. The van der Waals surface area contributed by atoms with Crippen LogP contribution in [0.4, 0.5) is 26.3 Å². The minimum absolute atomic E-state index is 0.329. The van der Waals surface area contributed by atoms with E-state index in [1.165, 1.54) is 22.6 Å². The van der Waals surface area contributed by atoms with Crippen LogP contribution in [0.3, 0.4) is 0 Å². The van der Waals surface area contributed by atoms with Crippen LogP contribution in [0.2, 0.25) is 0 Å². The monoisotopic (exact) mass is 417 g/mol. The van der Waals surface area contributed by atoms with Crippen molar-refractivity contribution < 1.29 is 35.9 Å². The molecular formula is C10H10F6INO2. The van der Waals surface area contributed by atoms with Gasteiger partial charge in [-0.2, -0.15) is 26.3 Å². The molecule has 0 radical (unpaired) electrons. The van der Waals surface area contributed by atoms with Crippen LogP contribution in [0.25, 0.3) is 0 Å². The molecule has 0 aromatic heterocycles. The largest absolute Gasteiger partial charge is 0.460 e. The van der Waals surface area contributed by atoms with E-state index >= 15 is 0 Å². The summed E-state index contributed by atoms with van der Waals surface area (Å²) in [5, 5.41) is 1.64. The zero-order valence-electron chi connectivity index (χ0n) is 9.98. The molecule has 0 unspecified atom stereocenters. The molecule has 20 heavy (non-hydrogen) atoms. The van der Waals surface area contributed by atoms with Gasteiger partial charge in [-0.1, -0.05) is 22.6 Å². The topological polar surface area (TPSA) is 38.3 Å². The molecule has 2 rings (SSSR count). The number of nitrogens with one attached hydrogen (secondary N) is 1. The molecule has 1 heterocycles. The standard InChI is InChI=1S/C10H10F6INO2/c1-3(19)20-7-5-2-4(6(7)17)8(18-5,9(11,12)13)10(14,15)16/h4-7,18H,2H2,1H3/t4-,5+,6+,7-/m0/s1. The minimum atomic E-state index is -5.46. The maximum atomic E-state index is 13.0. The van der Waals surface area contributed by atoms with E-state index in [0.29, 0.717) is 0 Å². The second kappa shape index (κ2) is 4.62. The van der Waals surface area contributed by atoms with Gasteiger partial charge in [-0.25, -0.2) is 0 Å². The first-order valence-corrected chi connectivity index (χ1v) is 6.89. The molecule has 1 aliphatic heterocycles. The number of hydrogen-bond acceptors (Lipinski definition) is 3. The van der Waals surface area contributed by atoms with Gasteiger partial charge in [0.1, 0.15) is 6.10 Å². The van der Waals surface area contributed by atoms with E-state index in [9.17, 15) is 31.1 Å². The molecule has 2 aliphatic rings. The number of ether oxygens (including phenoxy) is 1. The zero-order valence-corrected chi connectivity index (χ0v) is 12.1. The Bertz CT molecular complexity index is 407. The van der Waals surface area contributed by atoms with Gasteiger partial charge in [0.2, 0.25) is 5.54 Å². The molecule has 0 aromatic rings. The Morgan fingerprint density at radius 2 is 1.75 bits per heavy atom. The average molecular weight is 417 g/mol. The van der Waals surface area contributed by atoms with Gasteiger partial charge in [-0.3, -0.25) is 10.1 Å². The van der Waals surface area contributed by atoms with E-state index in [4.69, 9.17) is 4.74 Å². The number of rotatable bonds is 1. The van der Waals surface area contributed by atoms with Crippen LogP contribution >= 0.6 is 22.6 Å². The molecule has 1 N–H and O–H groups in total. The molecule has 116 valence electrons. The SMILES string of the molecule is CC(=O)O[C@@H]1[C@H](I)[C@@H]2C[C@H]1NC2(C(F)(F)F)C(F)(F)F. The Labute approximate surface area is 123 Å². The number of carbonyl (C=O) groups excluding carboxylic acids is 1. The second-order valence-electron chi connectivity index (χ2n) is 4.92. The van der Waals surface area contributed by atoms with Crippen LogP contribution in [0, 0.1) is 5.92 Å².